The van der Waals surface area contributed by atoms with Gasteiger partial charge in [-0.25, -0.2) is 0 Å². The Hall–Kier alpha value is -9.25. The maximum absolute atomic E-state index is 9.19. The lowest BCUT2D eigenvalue weighted by Crippen LogP contribution is -2.13. The molecule has 10 aromatic carbocycles. The van der Waals surface area contributed by atoms with Gasteiger partial charge in [-0.05, 0) is 152 Å². The molecule has 0 amide bonds. The maximum Gasteiger partial charge on any atom is 0.108 e. The molecule has 324 valence electrons. The summed E-state index contributed by atoms with van der Waals surface area (Å²) < 4.78 is 0. The van der Waals surface area contributed by atoms with Crippen molar-refractivity contribution in [3.63, 3.8) is 0 Å². The summed E-state index contributed by atoms with van der Waals surface area (Å²) in [4.78, 5) is 4.41. The lowest BCUT2D eigenvalue weighted by atomic mass is 9.84. The summed E-state index contributed by atoms with van der Waals surface area (Å²) in [5, 5.41) is 25.8. The van der Waals surface area contributed by atoms with E-state index in [4.69, 9.17) is 5.10 Å². The zero-order valence-electron chi connectivity index (χ0n) is 37.6. The molecule has 1 aliphatic carbocycles. The first-order valence-corrected chi connectivity index (χ1v) is 23.3. The van der Waals surface area contributed by atoms with Crippen molar-refractivity contribution in [1.82, 2.24) is 4.98 Å². The van der Waals surface area contributed by atoms with Gasteiger partial charge >= 0.3 is 0 Å². The second-order valence-electron chi connectivity index (χ2n) is 17.4. The highest BCUT2D eigenvalue weighted by atomic mass is 15.3. The van der Waals surface area contributed by atoms with Crippen molar-refractivity contribution >= 4 is 76.5 Å². The minimum atomic E-state index is 0.336. The number of pyridine rings is 1. The Morgan fingerprint density at radius 1 is 0.377 bits per heavy atom. The summed E-state index contributed by atoms with van der Waals surface area (Å²) in [5.74, 6) is 0. The first-order valence-electron chi connectivity index (χ1n) is 23.3. The third kappa shape index (κ3) is 7.90. The number of allylic oxidation sites excluding steroid dienone is 4. The molecule has 4 heteroatoms. The third-order valence-electron chi connectivity index (χ3n) is 13.3. The highest BCUT2D eigenvalue weighted by molar-refractivity contribution is 6.51. The van der Waals surface area contributed by atoms with Crippen LogP contribution in [0.15, 0.2) is 260 Å². The number of rotatable bonds is 7. The largest absolute Gasteiger partial charge is 0.299 e. The number of anilines is 1. The Balaban J connectivity index is 0.890. The number of nitrogens with zero attached hydrogens (tertiary/aromatic N) is 2. The molecule has 0 radical (unpaired) electrons. The van der Waals surface area contributed by atoms with Gasteiger partial charge in [-0.3, -0.25) is 15.8 Å². The Morgan fingerprint density at radius 3 is 1.51 bits per heavy atom. The molecule has 0 atom stereocenters. The molecule has 2 N–H and O–H groups in total. The van der Waals surface area contributed by atoms with Gasteiger partial charge in [0.05, 0.1) is 11.4 Å². The van der Waals surface area contributed by atoms with E-state index in [1.807, 2.05) is 36.5 Å². The minimum Gasteiger partial charge on any atom is -0.299 e. The van der Waals surface area contributed by atoms with Crippen LogP contribution in [-0.4, -0.2) is 16.4 Å². The van der Waals surface area contributed by atoms with E-state index in [0.717, 1.165) is 55.2 Å². The number of aromatic nitrogens is 1. The van der Waals surface area contributed by atoms with Gasteiger partial charge in [-0.15, -0.1) is 0 Å². The normalized spacial score (nSPS) is 13.0. The molecule has 0 aliphatic heterocycles. The fourth-order valence-electron chi connectivity index (χ4n) is 9.92. The summed E-state index contributed by atoms with van der Waals surface area (Å²) in [6, 6.07) is 79.9. The standard InChI is InChI=1S/C65H44N4/c66-62-41-49(32-36-63(62)69-68-53-33-29-45(30-34-53)54-19-3-1-2-4-20-55(52-18-13-37-67-42-52)57-22-10-9-21-56(54)57)48-31-35-60-61(40-48)65(51-28-26-44-15-6-8-17-47(44)39-51)59-24-12-11-23-58(59)64(60)50-27-25-43-14-5-7-16-46(43)38-50/h1-42,66,68H/b2-1?,3-1?,4-2?,19-3?,20-4?,54-19?,55-20?,56-54?,57-55?,66-62?,69-63-. The van der Waals surface area contributed by atoms with Crippen LogP contribution in [0.5, 0.6) is 0 Å². The quantitative estimate of drug-likeness (QED) is 0.0952. The van der Waals surface area contributed by atoms with E-state index >= 15 is 0 Å². The molecule has 12 rings (SSSR count). The summed E-state index contributed by atoms with van der Waals surface area (Å²) in [7, 11) is 0. The second-order valence-corrected chi connectivity index (χ2v) is 17.4. The SMILES string of the molecule is N=C1C=C(c2ccc3c(-c4ccc5ccccc5c4)c4ccccc4c(-c4ccc5ccccc5c4)c3c2)C=C/C1=N/Nc1ccc(-c2ccccccc(-c3cccnc3)c3ccccc23)cc1. The van der Waals surface area contributed by atoms with Crippen LogP contribution in [0.1, 0.15) is 5.56 Å². The zero-order valence-corrected chi connectivity index (χ0v) is 37.6. The Morgan fingerprint density at radius 2 is 0.899 bits per heavy atom. The van der Waals surface area contributed by atoms with Crippen LogP contribution in [0.2, 0.25) is 0 Å². The Labute approximate surface area is 400 Å². The molecule has 1 aromatic heterocycles. The van der Waals surface area contributed by atoms with E-state index in [1.165, 1.54) is 60.0 Å². The van der Waals surface area contributed by atoms with Crippen molar-refractivity contribution in [2.24, 2.45) is 5.10 Å². The first-order chi connectivity index (χ1) is 34.1. The van der Waals surface area contributed by atoms with Crippen molar-refractivity contribution in [3.8, 4) is 44.5 Å². The molecule has 0 saturated heterocycles. The number of fused-ring (bicyclic) bond motifs is 5. The molecule has 0 unspecified atom stereocenters. The molecular weight excluding hydrogens is 837 g/mol. The lowest BCUT2D eigenvalue weighted by molar-refractivity contribution is 1.33. The molecule has 1 heterocycles. The van der Waals surface area contributed by atoms with Gasteiger partial charge in [0.1, 0.15) is 5.71 Å². The smallest absolute Gasteiger partial charge is 0.108 e. The average molecular weight is 881 g/mol. The molecule has 0 spiro atoms. The van der Waals surface area contributed by atoms with Crippen LogP contribution >= 0.6 is 0 Å². The van der Waals surface area contributed by atoms with Crippen LogP contribution in [0.25, 0.3) is 104 Å². The van der Waals surface area contributed by atoms with Crippen molar-refractivity contribution in [2.75, 3.05) is 5.43 Å². The molecular formula is C65H44N4. The monoisotopic (exact) mass is 880 g/mol. The van der Waals surface area contributed by atoms with E-state index in [1.54, 1.807) is 6.20 Å². The van der Waals surface area contributed by atoms with Crippen molar-refractivity contribution in [2.45, 2.75) is 0 Å². The molecule has 69 heavy (non-hydrogen) atoms. The molecule has 11 aromatic rings. The third-order valence-corrected chi connectivity index (χ3v) is 13.3. The summed E-state index contributed by atoms with van der Waals surface area (Å²) in [6.07, 6.45) is 9.65. The number of nitrogens with one attached hydrogen (secondary N) is 2. The Kier molecular flexibility index (Phi) is 10.7. The van der Waals surface area contributed by atoms with Gasteiger partial charge in [0, 0.05) is 18.0 Å². The predicted molar refractivity (Wildman–Crippen MR) is 293 cm³/mol. The fourth-order valence-corrected chi connectivity index (χ4v) is 9.92. The maximum atomic E-state index is 9.19. The van der Waals surface area contributed by atoms with Gasteiger partial charge in [0.15, 0.2) is 0 Å². The molecule has 1 aliphatic rings. The zero-order chi connectivity index (χ0) is 46.1. The summed E-state index contributed by atoms with van der Waals surface area (Å²) >= 11 is 0. The highest BCUT2D eigenvalue weighted by Crippen LogP contribution is 2.45. The number of hydrogen-bond acceptors (Lipinski definition) is 4. The van der Waals surface area contributed by atoms with Crippen LogP contribution in [0.3, 0.4) is 0 Å². The minimum absolute atomic E-state index is 0.336. The van der Waals surface area contributed by atoms with Crippen molar-refractivity contribution in [3.05, 3.63) is 261 Å². The van der Waals surface area contributed by atoms with Gasteiger partial charge in [-0.1, -0.05) is 194 Å². The van der Waals surface area contributed by atoms with E-state index in [-0.39, 0.29) is 0 Å². The predicted octanol–water partition coefficient (Wildman–Crippen LogP) is 17.1. The topological polar surface area (TPSA) is 61.1 Å². The van der Waals surface area contributed by atoms with E-state index in [2.05, 4.69) is 223 Å². The first kappa shape index (κ1) is 41.2. The van der Waals surface area contributed by atoms with Crippen LogP contribution in [0, 0.1) is 5.41 Å². The number of benzene rings is 9. The highest BCUT2D eigenvalue weighted by Gasteiger charge is 2.19. The molecule has 0 fully saturated rings. The van der Waals surface area contributed by atoms with Gasteiger partial charge in [0.2, 0.25) is 0 Å². The average Bonchev–Trinajstić information content (AvgIpc) is 3.41. The number of hydrazone groups is 1. The van der Waals surface area contributed by atoms with E-state index in [9.17, 15) is 5.41 Å². The summed E-state index contributed by atoms with van der Waals surface area (Å²) in [5.41, 5.74) is 16.1. The molecule has 0 bridgehead atoms. The van der Waals surface area contributed by atoms with Crippen LogP contribution in [-0.2, 0) is 0 Å². The lowest BCUT2D eigenvalue weighted by Gasteiger charge is -2.20. The second kappa shape index (κ2) is 17.9. The van der Waals surface area contributed by atoms with Crippen molar-refractivity contribution < 1.29 is 0 Å². The number of hydrogen-bond donors (Lipinski definition) is 2. The van der Waals surface area contributed by atoms with Gasteiger partial charge < -0.3 is 0 Å². The van der Waals surface area contributed by atoms with Crippen LogP contribution < -0.4 is 5.43 Å². The van der Waals surface area contributed by atoms with E-state index in [0.29, 0.717) is 11.4 Å². The van der Waals surface area contributed by atoms with Gasteiger partial charge in [0.25, 0.3) is 0 Å². The Bertz CT molecular complexity index is 3990. The molecule has 4 nitrogen and oxygen atoms in total. The van der Waals surface area contributed by atoms with Crippen molar-refractivity contribution in [1.29, 1.82) is 5.41 Å². The fraction of sp³-hybridized carbons (Fsp3) is 0. The van der Waals surface area contributed by atoms with Crippen LogP contribution in [0.4, 0.5) is 5.69 Å². The van der Waals surface area contributed by atoms with Gasteiger partial charge in [-0.2, -0.15) is 5.10 Å². The van der Waals surface area contributed by atoms with E-state index < -0.39 is 0 Å². The molecule has 0 saturated carbocycles. The summed E-state index contributed by atoms with van der Waals surface area (Å²) in [6.45, 7) is 0.